The minimum absolute atomic E-state index is 0.0279. The average molecular weight is 425 g/mol. The van der Waals surface area contributed by atoms with Gasteiger partial charge in [0.2, 0.25) is 0 Å². The van der Waals surface area contributed by atoms with Crippen molar-refractivity contribution in [2.45, 2.75) is 12.5 Å². The van der Waals surface area contributed by atoms with Gasteiger partial charge in [-0.1, -0.05) is 42.5 Å². The zero-order valence-electron chi connectivity index (χ0n) is 17.9. The maximum Gasteiger partial charge on any atom is 0.336 e. The summed E-state index contributed by atoms with van der Waals surface area (Å²) in [5.74, 6) is 0.0371. The maximum atomic E-state index is 12.4. The van der Waals surface area contributed by atoms with Gasteiger partial charge in [-0.05, 0) is 41.0 Å². The Kier molecular flexibility index (Phi) is 4.90. The number of rotatable bonds is 4. The second-order valence-corrected chi connectivity index (χ2v) is 8.11. The number of hydrogen-bond donors (Lipinski definition) is 2. The molecule has 0 saturated carbocycles. The normalized spacial score (nSPS) is 15.4. The summed E-state index contributed by atoms with van der Waals surface area (Å²) in [6.45, 7) is 0. The van der Waals surface area contributed by atoms with Crippen LogP contribution in [0.4, 0.5) is 5.69 Å². The Hall–Kier alpha value is -4.06. The molecule has 0 fully saturated rings. The van der Waals surface area contributed by atoms with Crippen molar-refractivity contribution >= 4 is 22.4 Å². The van der Waals surface area contributed by atoms with Crippen LogP contribution in [0, 0.1) is 0 Å². The zero-order chi connectivity index (χ0) is 22.2. The van der Waals surface area contributed by atoms with Crippen molar-refractivity contribution in [1.82, 2.24) is 5.43 Å². The first-order chi connectivity index (χ1) is 15.5. The smallest absolute Gasteiger partial charge is 0.336 e. The standard InChI is InChI=1S/C26H23N3O3/c1-29(2)18-10-8-17(9-11-18)21-15-22(28-27-21)25-23(30)13-12-19-20(14-24(31)32-26(19)25)16-6-4-3-5-7-16/h3-14,21,27,30H,15H2,1-2H3. The van der Waals surface area contributed by atoms with Crippen molar-refractivity contribution in [2.75, 3.05) is 19.0 Å². The molecule has 6 nitrogen and oxygen atoms in total. The van der Waals surface area contributed by atoms with E-state index in [0.29, 0.717) is 23.3 Å². The molecular formula is C26H23N3O3. The van der Waals surface area contributed by atoms with E-state index in [4.69, 9.17) is 4.42 Å². The molecule has 4 aromatic rings. The summed E-state index contributed by atoms with van der Waals surface area (Å²) in [5, 5.41) is 16.0. The van der Waals surface area contributed by atoms with Crippen LogP contribution in [0.5, 0.6) is 5.75 Å². The van der Waals surface area contributed by atoms with Gasteiger partial charge in [-0.15, -0.1) is 0 Å². The largest absolute Gasteiger partial charge is 0.507 e. The fourth-order valence-corrected chi connectivity index (χ4v) is 4.15. The predicted octanol–water partition coefficient (Wildman–Crippen LogP) is 4.67. The van der Waals surface area contributed by atoms with E-state index in [0.717, 1.165) is 27.8 Å². The summed E-state index contributed by atoms with van der Waals surface area (Å²) in [4.78, 5) is 14.5. The Balaban J connectivity index is 1.55. The lowest BCUT2D eigenvalue weighted by atomic mass is 9.95. The van der Waals surface area contributed by atoms with Crippen LogP contribution >= 0.6 is 0 Å². The highest BCUT2D eigenvalue weighted by atomic mass is 16.4. The van der Waals surface area contributed by atoms with Crippen LogP contribution in [0.15, 0.2) is 87.1 Å². The van der Waals surface area contributed by atoms with Gasteiger partial charge >= 0.3 is 5.63 Å². The molecule has 2 heterocycles. The Labute approximate surface area is 185 Å². The average Bonchev–Trinajstić information content (AvgIpc) is 3.28. The number of aromatic hydroxyl groups is 1. The number of phenols is 1. The number of hydrazone groups is 1. The fourth-order valence-electron chi connectivity index (χ4n) is 4.15. The third kappa shape index (κ3) is 3.50. The second kappa shape index (κ2) is 7.89. The molecule has 0 saturated heterocycles. The lowest BCUT2D eigenvalue weighted by Gasteiger charge is -2.15. The topological polar surface area (TPSA) is 78.1 Å². The monoisotopic (exact) mass is 425 g/mol. The Morgan fingerprint density at radius 2 is 1.78 bits per heavy atom. The SMILES string of the molecule is CN(C)c1ccc(C2CC(c3c(O)ccc4c(-c5ccccc5)cc(=O)oc34)=NN2)cc1. The van der Waals surface area contributed by atoms with Gasteiger partial charge < -0.3 is 19.8 Å². The van der Waals surface area contributed by atoms with Crippen molar-refractivity contribution in [1.29, 1.82) is 0 Å². The zero-order valence-corrected chi connectivity index (χ0v) is 17.9. The molecule has 2 N–H and O–H groups in total. The Morgan fingerprint density at radius 1 is 1.03 bits per heavy atom. The highest BCUT2D eigenvalue weighted by molar-refractivity contribution is 6.14. The van der Waals surface area contributed by atoms with E-state index in [1.165, 1.54) is 6.07 Å². The van der Waals surface area contributed by atoms with E-state index in [1.807, 2.05) is 49.3 Å². The van der Waals surface area contributed by atoms with Crippen LogP contribution in [0.25, 0.3) is 22.1 Å². The summed E-state index contributed by atoms with van der Waals surface area (Å²) in [6.07, 6.45) is 0.563. The number of anilines is 1. The number of hydrogen-bond acceptors (Lipinski definition) is 6. The van der Waals surface area contributed by atoms with Gasteiger partial charge in [0.15, 0.2) is 5.58 Å². The number of nitrogens with one attached hydrogen (secondary N) is 1. The molecule has 1 aliphatic rings. The molecule has 5 rings (SSSR count). The van der Waals surface area contributed by atoms with E-state index in [-0.39, 0.29) is 11.8 Å². The van der Waals surface area contributed by atoms with Crippen LogP contribution in [0.1, 0.15) is 23.6 Å². The first kappa shape index (κ1) is 19.9. The quantitative estimate of drug-likeness (QED) is 0.465. The van der Waals surface area contributed by atoms with E-state index < -0.39 is 5.63 Å². The molecule has 3 aromatic carbocycles. The van der Waals surface area contributed by atoms with E-state index in [2.05, 4.69) is 34.8 Å². The van der Waals surface area contributed by atoms with Crippen LogP contribution in [-0.2, 0) is 0 Å². The maximum absolute atomic E-state index is 12.4. The summed E-state index contributed by atoms with van der Waals surface area (Å²) >= 11 is 0. The second-order valence-electron chi connectivity index (χ2n) is 8.11. The van der Waals surface area contributed by atoms with Crippen molar-refractivity contribution < 1.29 is 9.52 Å². The van der Waals surface area contributed by atoms with Gasteiger partial charge in [-0.3, -0.25) is 0 Å². The first-order valence-electron chi connectivity index (χ1n) is 10.5. The van der Waals surface area contributed by atoms with Crippen LogP contribution < -0.4 is 16.0 Å². The van der Waals surface area contributed by atoms with Crippen molar-refractivity contribution in [3.8, 4) is 16.9 Å². The minimum Gasteiger partial charge on any atom is -0.507 e. The summed E-state index contributed by atoms with van der Waals surface area (Å²) in [5.41, 5.74) is 8.05. The summed E-state index contributed by atoms with van der Waals surface area (Å²) in [6, 6.07) is 22.8. The number of benzene rings is 3. The molecule has 160 valence electrons. The van der Waals surface area contributed by atoms with Gasteiger partial charge in [0, 0.05) is 37.7 Å². The lowest BCUT2D eigenvalue weighted by molar-refractivity contribution is 0.471. The fraction of sp³-hybridized carbons (Fsp3) is 0.154. The van der Waals surface area contributed by atoms with Crippen LogP contribution in [0.2, 0.25) is 0 Å². The van der Waals surface area contributed by atoms with Gasteiger partial charge in [0.1, 0.15) is 5.75 Å². The first-order valence-corrected chi connectivity index (χ1v) is 10.5. The van der Waals surface area contributed by atoms with Crippen molar-refractivity contribution in [2.24, 2.45) is 5.10 Å². The van der Waals surface area contributed by atoms with Crippen molar-refractivity contribution in [3.05, 3.63) is 94.3 Å². The van der Waals surface area contributed by atoms with Crippen molar-refractivity contribution in [3.63, 3.8) is 0 Å². The third-order valence-corrected chi connectivity index (χ3v) is 5.83. The Morgan fingerprint density at radius 3 is 2.50 bits per heavy atom. The molecule has 0 amide bonds. The molecule has 0 bridgehead atoms. The Bertz CT molecular complexity index is 1370. The molecule has 6 heteroatoms. The van der Waals surface area contributed by atoms with E-state index in [9.17, 15) is 9.90 Å². The van der Waals surface area contributed by atoms with Crippen LogP contribution in [0.3, 0.4) is 0 Å². The third-order valence-electron chi connectivity index (χ3n) is 5.83. The summed E-state index contributed by atoms with van der Waals surface area (Å²) in [7, 11) is 4.01. The molecular weight excluding hydrogens is 402 g/mol. The molecule has 1 aromatic heterocycles. The van der Waals surface area contributed by atoms with Gasteiger partial charge in [0.05, 0.1) is 17.3 Å². The number of fused-ring (bicyclic) bond motifs is 1. The number of nitrogens with zero attached hydrogens (tertiary/aromatic N) is 2. The lowest BCUT2D eigenvalue weighted by Crippen LogP contribution is -2.12. The summed E-state index contributed by atoms with van der Waals surface area (Å²) < 4.78 is 5.60. The molecule has 0 aliphatic carbocycles. The molecule has 1 aliphatic heterocycles. The highest BCUT2D eigenvalue weighted by Crippen LogP contribution is 2.36. The van der Waals surface area contributed by atoms with E-state index in [1.54, 1.807) is 12.1 Å². The molecule has 1 unspecified atom stereocenters. The van der Waals surface area contributed by atoms with Gasteiger partial charge in [-0.2, -0.15) is 5.10 Å². The van der Waals surface area contributed by atoms with Crippen LogP contribution in [-0.4, -0.2) is 24.9 Å². The van der Waals surface area contributed by atoms with Gasteiger partial charge in [0.25, 0.3) is 0 Å². The molecule has 0 spiro atoms. The highest BCUT2D eigenvalue weighted by Gasteiger charge is 2.26. The number of phenolic OH excluding ortho intramolecular Hbond substituents is 1. The molecule has 32 heavy (non-hydrogen) atoms. The minimum atomic E-state index is -0.467. The van der Waals surface area contributed by atoms with E-state index >= 15 is 0 Å². The predicted molar refractivity (Wildman–Crippen MR) is 127 cm³/mol. The van der Waals surface area contributed by atoms with Gasteiger partial charge in [-0.25, -0.2) is 4.79 Å². The molecule has 1 atom stereocenters. The molecule has 0 radical (unpaired) electrons.